The molecule has 0 amide bonds. The van der Waals surface area contributed by atoms with Gasteiger partial charge in [0, 0.05) is 16.5 Å². The third-order valence-electron chi connectivity index (χ3n) is 2.83. The zero-order chi connectivity index (χ0) is 13.1. The molecule has 0 bridgehead atoms. The Morgan fingerprint density at radius 1 is 1.22 bits per heavy atom. The molecule has 2 aromatic rings. The zero-order valence-electron chi connectivity index (χ0n) is 10.0. The van der Waals surface area contributed by atoms with Gasteiger partial charge in [0.15, 0.2) is 0 Å². The fraction of sp³-hybridized carbons (Fsp3) is 0.200. The lowest BCUT2D eigenvalue weighted by molar-refractivity contribution is 0.173. The van der Waals surface area contributed by atoms with Crippen molar-refractivity contribution in [2.75, 3.05) is 0 Å². The highest BCUT2D eigenvalue weighted by Crippen LogP contribution is 2.24. The van der Waals surface area contributed by atoms with E-state index < -0.39 is 6.10 Å². The average Bonchev–Trinajstić information content (AvgIpc) is 2.32. The van der Waals surface area contributed by atoms with Gasteiger partial charge in [-0.3, -0.25) is 0 Å². The Bertz CT molecular complexity index is 554. The Balaban J connectivity index is 2.21. The molecule has 1 N–H and O–H groups in total. The summed E-state index contributed by atoms with van der Waals surface area (Å²) in [6, 6.07) is 12.5. The maximum absolute atomic E-state index is 13.6. The molecule has 0 aliphatic heterocycles. The number of hydrogen-bond donors (Lipinski definition) is 1. The monoisotopic (exact) mass is 308 g/mol. The lowest BCUT2D eigenvalue weighted by Gasteiger charge is -2.13. The molecule has 0 heterocycles. The highest BCUT2D eigenvalue weighted by atomic mass is 79.9. The maximum Gasteiger partial charge on any atom is 0.129 e. The van der Waals surface area contributed by atoms with Crippen LogP contribution in [-0.4, -0.2) is 5.11 Å². The molecule has 0 spiro atoms. The Labute approximate surface area is 114 Å². The average molecular weight is 309 g/mol. The van der Waals surface area contributed by atoms with Gasteiger partial charge in [0.05, 0.1) is 6.10 Å². The molecule has 2 rings (SSSR count). The number of aryl methyl sites for hydroxylation is 1. The molecule has 2 aromatic carbocycles. The summed E-state index contributed by atoms with van der Waals surface area (Å²) in [6.07, 6.45) is -0.418. The van der Waals surface area contributed by atoms with Gasteiger partial charge >= 0.3 is 0 Å². The predicted molar refractivity (Wildman–Crippen MR) is 73.9 cm³/mol. The Hall–Kier alpha value is -1.19. The van der Waals surface area contributed by atoms with Gasteiger partial charge in [-0.1, -0.05) is 45.8 Å². The molecule has 0 radical (unpaired) electrons. The summed E-state index contributed by atoms with van der Waals surface area (Å²) in [4.78, 5) is 0. The second-order valence-corrected chi connectivity index (χ2v) is 5.29. The summed E-state index contributed by atoms with van der Waals surface area (Å²) in [5.74, 6) is -0.377. The van der Waals surface area contributed by atoms with Gasteiger partial charge in [0.1, 0.15) is 5.82 Å². The molecule has 0 aromatic heterocycles. The molecule has 1 unspecified atom stereocenters. The fourth-order valence-electron chi connectivity index (χ4n) is 1.94. The number of hydrogen-bond acceptors (Lipinski definition) is 1. The van der Waals surface area contributed by atoms with E-state index in [9.17, 15) is 9.50 Å². The van der Waals surface area contributed by atoms with Crippen LogP contribution in [0.3, 0.4) is 0 Å². The molecule has 0 aliphatic carbocycles. The topological polar surface area (TPSA) is 20.2 Å². The van der Waals surface area contributed by atoms with Gasteiger partial charge in [-0.15, -0.1) is 0 Å². The zero-order valence-corrected chi connectivity index (χ0v) is 11.6. The van der Waals surface area contributed by atoms with Gasteiger partial charge in [-0.2, -0.15) is 0 Å². The van der Waals surface area contributed by atoms with Crippen molar-refractivity contribution in [2.45, 2.75) is 19.4 Å². The van der Waals surface area contributed by atoms with E-state index in [0.717, 1.165) is 15.6 Å². The molecule has 1 nitrogen and oxygen atoms in total. The van der Waals surface area contributed by atoms with E-state index >= 15 is 0 Å². The van der Waals surface area contributed by atoms with Crippen LogP contribution in [0.5, 0.6) is 0 Å². The van der Waals surface area contributed by atoms with Crippen LogP contribution >= 0.6 is 15.9 Å². The lowest BCUT2D eigenvalue weighted by Crippen LogP contribution is -2.04. The van der Waals surface area contributed by atoms with Gasteiger partial charge in [0.2, 0.25) is 0 Å². The molecular formula is C15H14BrFO. The lowest BCUT2D eigenvalue weighted by atomic mass is 10.00. The Morgan fingerprint density at radius 2 is 2.00 bits per heavy atom. The normalized spacial score (nSPS) is 12.4. The van der Waals surface area contributed by atoms with E-state index in [1.54, 1.807) is 12.1 Å². The van der Waals surface area contributed by atoms with Gasteiger partial charge < -0.3 is 5.11 Å². The van der Waals surface area contributed by atoms with Crippen molar-refractivity contribution >= 4 is 15.9 Å². The largest absolute Gasteiger partial charge is 0.388 e. The fourth-order valence-corrected chi connectivity index (χ4v) is 2.32. The van der Waals surface area contributed by atoms with Crippen molar-refractivity contribution in [3.63, 3.8) is 0 Å². The molecule has 0 saturated heterocycles. The summed E-state index contributed by atoms with van der Waals surface area (Å²) in [5.41, 5.74) is 2.46. The smallest absolute Gasteiger partial charge is 0.129 e. The van der Waals surface area contributed by atoms with Crippen LogP contribution in [0.15, 0.2) is 46.9 Å². The SMILES string of the molecule is Cc1cccc(CC(O)c2cc(Br)ccc2F)c1. The Kier molecular flexibility index (Phi) is 4.15. The van der Waals surface area contributed by atoms with E-state index in [0.29, 0.717) is 12.0 Å². The maximum atomic E-state index is 13.6. The van der Waals surface area contributed by atoms with E-state index in [1.165, 1.54) is 6.07 Å². The third kappa shape index (κ3) is 3.18. The summed E-state index contributed by atoms with van der Waals surface area (Å²) >= 11 is 3.28. The minimum Gasteiger partial charge on any atom is -0.388 e. The Morgan fingerprint density at radius 3 is 2.72 bits per heavy atom. The first-order valence-corrected chi connectivity index (χ1v) is 6.54. The van der Waals surface area contributed by atoms with Crippen molar-refractivity contribution in [1.82, 2.24) is 0 Å². The molecule has 18 heavy (non-hydrogen) atoms. The van der Waals surface area contributed by atoms with E-state index in [-0.39, 0.29) is 5.82 Å². The van der Waals surface area contributed by atoms with Gasteiger partial charge in [-0.25, -0.2) is 4.39 Å². The molecule has 1 atom stereocenters. The molecule has 3 heteroatoms. The van der Waals surface area contributed by atoms with Crippen LogP contribution in [0, 0.1) is 12.7 Å². The second-order valence-electron chi connectivity index (χ2n) is 4.37. The minimum absolute atomic E-state index is 0.325. The summed E-state index contributed by atoms with van der Waals surface area (Å²) in [7, 11) is 0. The van der Waals surface area contributed by atoms with Gasteiger partial charge in [0.25, 0.3) is 0 Å². The van der Waals surface area contributed by atoms with Crippen LogP contribution < -0.4 is 0 Å². The number of benzene rings is 2. The first-order valence-electron chi connectivity index (χ1n) is 5.75. The minimum atomic E-state index is -0.829. The summed E-state index contributed by atoms with van der Waals surface area (Å²) < 4.78 is 14.4. The third-order valence-corrected chi connectivity index (χ3v) is 3.32. The number of rotatable bonds is 3. The van der Waals surface area contributed by atoms with Crippen molar-refractivity contribution in [2.24, 2.45) is 0 Å². The quantitative estimate of drug-likeness (QED) is 0.902. The predicted octanol–water partition coefficient (Wildman–Crippen LogP) is 4.17. The first kappa shape index (κ1) is 13.2. The first-order chi connectivity index (χ1) is 8.56. The van der Waals surface area contributed by atoms with Crippen molar-refractivity contribution in [3.05, 3.63) is 69.4 Å². The molecule has 0 aliphatic rings. The highest BCUT2D eigenvalue weighted by molar-refractivity contribution is 9.10. The standard InChI is InChI=1S/C15H14BrFO/c1-10-3-2-4-11(7-10)8-15(18)13-9-12(16)5-6-14(13)17/h2-7,9,15,18H,8H2,1H3. The highest BCUT2D eigenvalue weighted by Gasteiger charge is 2.13. The summed E-state index contributed by atoms with van der Waals surface area (Å²) in [5, 5.41) is 10.1. The van der Waals surface area contributed by atoms with Crippen molar-refractivity contribution in [3.8, 4) is 0 Å². The van der Waals surface area contributed by atoms with Crippen LogP contribution in [0.2, 0.25) is 0 Å². The van der Waals surface area contributed by atoms with Crippen LogP contribution in [0.1, 0.15) is 22.8 Å². The van der Waals surface area contributed by atoms with Crippen LogP contribution in [-0.2, 0) is 6.42 Å². The number of aliphatic hydroxyl groups excluding tert-OH is 1. The molecular weight excluding hydrogens is 295 g/mol. The van der Waals surface area contributed by atoms with E-state index in [2.05, 4.69) is 15.9 Å². The second kappa shape index (κ2) is 5.63. The number of aliphatic hydroxyl groups is 1. The molecule has 0 saturated carbocycles. The molecule has 0 fully saturated rings. The molecule has 94 valence electrons. The van der Waals surface area contributed by atoms with Crippen LogP contribution in [0.25, 0.3) is 0 Å². The van der Waals surface area contributed by atoms with Crippen molar-refractivity contribution in [1.29, 1.82) is 0 Å². The summed E-state index contributed by atoms with van der Waals surface area (Å²) in [6.45, 7) is 2.00. The van der Waals surface area contributed by atoms with Crippen LogP contribution in [0.4, 0.5) is 4.39 Å². The van der Waals surface area contributed by atoms with Crippen molar-refractivity contribution < 1.29 is 9.50 Å². The van der Waals surface area contributed by atoms with E-state index in [4.69, 9.17) is 0 Å². The number of halogens is 2. The van der Waals surface area contributed by atoms with E-state index in [1.807, 2.05) is 31.2 Å². The van der Waals surface area contributed by atoms with Gasteiger partial charge in [-0.05, 0) is 30.7 Å².